The van der Waals surface area contributed by atoms with Crippen molar-refractivity contribution in [3.8, 4) is 39.8 Å². The van der Waals surface area contributed by atoms with Crippen molar-refractivity contribution in [1.29, 1.82) is 0 Å². The number of halogens is 1. The molecule has 0 aliphatic heterocycles. The van der Waals surface area contributed by atoms with Crippen LogP contribution in [0.3, 0.4) is 0 Å². The second-order valence-electron chi connectivity index (χ2n) is 9.10. The molecule has 5 aromatic rings. The summed E-state index contributed by atoms with van der Waals surface area (Å²) in [4.78, 5) is 17.1. The average molecular weight is 559 g/mol. The number of nitrogens with one attached hydrogen (secondary N) is 3. The molecule has 0 bridgehead atoms. The normalized spacial score (nSPS) is 11.4. The highest BCUT2D eigenvalue weighted by molar-refractivity contribution is 7.89. The zero-order valence-electron chi connectivity index (χ0n) is 21.6. The Morgan fingerprint density at radius 1 is 0.925 bits per heavy atom. The van der Waals surface area contributed by atoms with Crippen LogP contribution in [-0.4, -0.2) is 46.5 Å². The van der Waals surface area contributed by atoms with Gasteiger partial charge in [-0.3, -0.25) is 0 Å². The Balaban J connectivity index is 1.32. The molecule has 40 heavy (non-hydrogen) atoms. The van der Waals surface area contributed by atoms with Gasteiger partial charge in [-0.1, -0.05) is 48.0 Å². The fourth-order valence-corrected chi connectivity index (χ4v) is 5.11. The van der Waals surface area contributed by atoms with Gasteiger partial charge in [-0.25, -0.2) is 32.5 Å². The smallest absolute Gasteiger partial charge is 0.240 e. The monoisotopic (exact) mass is 558 g/mol. The zero-order chi connectivity index (χ0) is 28.1. The number of phenols is 1. The van der Waals surface area contributed by atoms with Crippen LogP contribution in [0.4, 0.5) is 10.3 Å². The van der Waals surface area contributed by atoms with Crippen LogP contribution in [0.1, 0.15) is 12.0 Å². The van der Waals surface area contributed by atoms with Crippen LogP contribution in [0.25, 0.3) is 34.0 Å². The number of nitrogens with zero attached hydrogens (tertiary/aromatic N) is 3. The summed E-state index contributed by atoms with van der Waals surface area (Å²) in [6.45, 7) is 2.56. The molecule has 0 saturated heterocycles. The largest absolute Gasteiger partial charge is 0.505 e. The van der Waals surface area contributed by atoms with Gasteiger partial charge in [-0.05, 0) is 49.7 Å². The molecule has 4 N–H and O–H groups in total. The van der Waals surface area contributed by atoms with Crippen LogP contribution in [0.5, 0.6) is 5.75 Å². The molecule has 204 valence electrons. The summed E-state index contributed by atoms with van der Waals surface area (Å²) in [5.74, 6) is -0.263. The predicted octanol–water partition coefficient (Wildman–Crippen LogP) is 5.13. The Morgan fingerprint density at radius 3 is 2.45 bits per heavy atom. The van der Waals surface area contributed by atoms with Gasteiger partial charge in [0.1, 0.15) is 5.82 Å². The third kappa shape index (κ3) is 6.16. The van der Waals surface area contributed by atoms with Crippen molar-refractivity contribution in [3.05, 3.63) is 96.4 Å². The Labute approximate surface area is 231 Å². The number of rotatable bonds is 10. The predicted molar refractivity (Wildman–Crippen MR) is 152 cm³/mol. The van der Waals surface area contributed by atoms with Gasteiger partial charge in [0.05, 0.1) is 22.0 Å². The minimum atomic E-state index is -3.58. The van der Waals surface area contributed by atoms with Gasteiger partial charge in [0.2, 0.25) is 16.0 Å². The number of benzene rings is 3. The van der Waals surface area contributed by atoms with Crippen LogP contribution in [-0.2, 0) is 10.0 Å². The van der Waals surface area contributed by atoms with Crippen LogP contribution in [0.15, 0.2) is 90.0 Å². The van der Waals surface area contributed by atoms with E-state index in [0.29, 0.717) is 47.4 Å². The molecule has 0 amide bonds. The van der Waals surface area contributed by atoms with Crippen molar-refractivity contribution < 1.29 is 17.9 Å². The topological polar surface area (TPSA) is 133 Å². The van der Waals surface area contributed by atoms with E-state index in [0.717, 1.165) is 11.1 Å². The standard InChI is InChI=1S/C29H27FN6O3S/c1-19-8-11-22(12-9-19)40(38,39)33-16-5-15-31-29-32-17-14-24(34-29)27-26(21-10-13-23(30)25(37)18-21)35-28(36-27)20-6-3-2-4-7-20/h2-4,6-14,17-18,33,37H,5,15-16H2,1H3,(H,35,36)(H,31,32,34). The lowest BCUT2D eigenvalue weighted by Crippen LogP contribution is -2.26. The first-order chi connectivity index (χ1) is 19.3. The summed E-state index contributed by atoms with van der Waals surface area (Å²) in [6, 6.07) is 22.0. The van der Waals surface area contributed by atoms with E-state index in [9.17, 15) is 17.9 Å². The molecule has 9 nitrogen and oxygen atoms in total. The molecule has 0 spiro atoms. The lowest BCUT2D eigenvalue weighted by molar-refractivity contribution is 0.432. The summed E-state index contributed by atoms with van der Waals surface area (Å²) >= 11 is 0. The Bertz CT molecular complexity index is 1720. The number of aromatic amines is 1. The molecule has 0 atom stereocenters. The molecule has 0 saturated carbocycles. The van der Waals surface area contributed by atoms with E-state index in [1.165, 1.54) is 12.1 Å². The summed E-state index contributed by atoms with van der Waals surface area (Å²) in [7, 11) is -3.58. The summed E-state index contributed by atoms with van der Waals surface area (Å²) < 4.78 is 41.3. The highest BCUT2D eigenvalue weighted by Crippen LogP contribution is 2.34. The third-order valence-electron chi connectivity index (χ3n) is 6.14. The van der Waals surface area contributed by atoms with E-state index >= 15 is 0 Å². The summed E-state index contributed by atoms with van der Waals surface area (Å²) in [6.07, 6.45) is 2.10. The van der Waals surface area contributed by atoms with E-state index in [4.69, 9.17) is 4.98 Å². The average Bonchev–Trinajstić information content (AvgIpc) is 3.41. The van der Waals surface area contributed by atoms with Crippen LogP contribution >= 0.6 is 0 Å². The second kappa shape index (κ2) is 11.6. The number of phenolic OH excluding ortho intramolecular Hbond substituents is 1. The molecule has 3 aromatic carbocycles. The van der Waals surface area contributed by atoms with Crippen LogP contribution in [0, 0.1) is 12.7 Å². The third-order valence-corrected chi connectivity index (χ3v) is 7.62. The molecular formula is C29H27FN6O3S. The minimum absolute atomic E-state index is 0.224. The molecule has 5 rings (SSSR count). The van der Waals surface area contributed by atoms with Gasteiger partial charge in [-0.15, -0.1) is 0 Å². The molecule has 2 aromatic heterocycles. The number of anilines is 1. The van der Waals surface area contributed by atoms with Gasteiger partial charge in [0.15, 0.2) is 11.6 Å². The highest BCUT2D eigenvalue weighted by atomic mass is 32.2. The number of hydrogen-bond donors (Lipinski definition) is 4. The maximum absolute atomic E-state index is 13.8. The quantitative estimate of drug-likeness (QED) is 0.175. The first-order valence-electron chi connectivity index (χ1n) is 12.6. The van der Waals surface area contributed by atoms with Crippen molar-refractivity contribution in [3.63, 3.8) is 0 Å². The minimum Gasteiger partial charge on any atom is -0.505 e. The number of H-pyrrole nitrogens is 1. The van der Waals surface area contributed by atoms with E-state index in [2.05, 4.69) is 25.0 Å². The van der Waals surface area contributed by atoms with Crippen LogP contribution in [0.2, 0.25) is 0 Å². The first-order valence-corrected chi connectivity index (χ1v) is 14.1. The number of imidazole rings is 1. The van der Waals surface area contributed by atoms with Gasteiger partial charge in [0.25, 0.3) is 0 Å². The van der Waals surface area contributed by atoms with Crippen molar-refractivity contribution >= 4 is 16.0 Å². The number of hydrogen-bond acceptors (Lipinski definition) is 7. The summed E-state index contributed by atoms with van der Waals surface area (Å²) in [5.41, 5.74) is 3.94. The Morgan fingerprint density at radius 2 is 1.70 bits per heavy atom. The van der Waals surface area contributed by atoms with Gasteiger partial charge < -0.3 is 15.4 Å². The highest BCUT2D eigenvalue weighted by Gasteiger charge is 2.18. The molecule has 0 unspecified atom stereocenters. The molecule has 2 heterocycles. The maximum Gasteiger partial charge on any atom is 0.240 e. The van der Waals surface area contributed by atoms with Gasteiger partial charge in [-0.2, -0.15) is 0 Å². The molecule has 0 aliphatic rings. The van der Waals surface area contributed by atoms with Gasteiger partial charge >= 0.3 is 0 Å². The SMILES string of the molecule is Cc1ccc(S(=O)(=O)NCCCNc2nccc(-c3[nH]c(-c4ccccc4)nc3-c3ccc(F)c(O)c3)n2)cc1. The van der Waals surface area contributed by atoms with Crippen LogP contribution < -0.4 is 10.0 Å². The second-order valence-corrected chi connectivity index (χ2v) is 10.9. The molecule has 0 radical (unpaired) electrons. The maximum atomic E-state index is 13.8. The summed E-state index contributed by atoms with van der Waals surface area (Å²) in [5, 5.41) is 13.1. The van der Waals surface area contributed by atoms with Gasteiger partial charge in [0, 0.05) is 30.4 Å². The molecule has 0 aliphatic carbocycles. The zero-order valence-corrected chi connectivity index (χ0v) is 22.4. The fourth-order valence-electron chi connectivity index (χ4n) is 4.04. The molecular weight excluding hydrogens is 531 g/mol. The molecule has 11 heteroatoms. The lowest BCUT2D eigenvalue weighted by atomic mass is 10.1. The molecule has 0 fully saturated rings. The van der Waals surface area contributed by atoms with Crippen molar-refractivity contribution in [2.45, 2.75) is 18.2 Å². The fraction of sp³-hybridized carbons (Fsp3) is 0.138. The van der Waals surface area contributed by atoms with E-state index in [-0.39, 0.29) is 11.4 Å². The number of aromatic hydroxyl groups is 1. The van der Waals surface area contributed by atoms with Crippen molar-refractivity contribution in [1.82, 2.24) is 24.7 Å². The lowest BCUT2D eigenvalue weighted by Gasteiger charge is -2.09. The van der Waals surface area contributed by atoms with E-state index in [1.54, 1.807) is 42.6 Å². The number of aryl methyl sites for hydroxylation is 1. The van der Waals surface area contributed by atoms with E-state index in [1.807, 2.05) is 37.3 Å². The first kappa shape index (κ1) is 27.0. The van der Waals surface area contributed by atoms with Crippen molar-refractivity contribution in [2.24, 2.45) is 0 Å². The number of sulfonamides is 1. The van der Waals surface area contributed by atoms with Crippen molar-refractivity contribution in [2.75, 3.05) is 18.4 Å². The number of aromatic nitrogens is 4. The van der Waals surface area contributed by atoms with E-state index < -0.39 is 21.6 Å². The Hall–Kier alpha value is -4.61. The Kier molecular flexibility index (Phi) is 7.85.